The molecule has 0 unspecified atom stereocenters. The van der Waals surface area contributed by atoms with Gasteiger partial charge in [0.05, 0.1) is 0 Å². The summed E-state index contributed by atoms with van der Waals surface area (Å²) in [6, 6.07) is 0. The number of rotatable bonds is 7. The molecule has 10 nitrogen and oxygen atoms in total. The second-order valence-electron chi connectivity index (χ2n) is 3.94. The Morgan fingerprint density at radius 3 is 1.32 bits per heavy atom. The van der Waals surface area contributed by atoms with E-state index in [2.05, 4.69) is 6.92 Å². The average molecular weight is 416 g/mol. The molecule has 0 atom stereocenters. The van der Waals surface area contributed by atoms with Gasteiger partial charge in [-0.05, 0) is 6.42 Å². The molecule has 0 aliphatic rings. The zero-order valence-electron chi connectivity index (χ0n) is 11.7. The van der Waals surface area contributed by atoms with Gasteiger partial charge in [0.2, 0.25) is 0 Å². The Balaban J connectivity index is -0.000000135. The number of hydrogen-bond donors (Lipinski definition) is 8. The molecule has 0 spiro atoms. The van der Waals surface area contributed by atoms with E-state index >= 15 is 0 Å². The van der Waals surface area contributed by atoms with Crippen molar-refractivity contribution in [2.75, 3.05) is 6.16 Å². The molecule has 0 aliphatic heterocycles. The summed E-state index contributed by atoms with van der Waals surface area (Å²) in [6.07, 6.45) is 6.40. The first kappa shape index (κ1) is 31.6. The summed E-state index contributed by atoms with van der Waals surface area (Å²) in [7, 11) is -11.0. The minimum atomic E-state index is -4.64. The van der Waals surface area contributed by atoms with Crippen LogP contribution in [0.25, 0.3) is 0 Å². The van der Waals surface area contributed by atoms with Crippen LogP contribution in [0.5, 0.6) is 0 Å². The predicted molar refractivity (Wildman–Crippen MR) is 86.7 cm³/mol. The van der Waals surface area contributed by atoms with Crippen LogP contribution < -0.4 is 0 Å². The van der Waals surface area contributed by atoms with Gasteiger partial charge in [-0.1, -0.05) is 39.0 Å². The molecule has 0 aromatic carbocycles. The number of unbranched alkanes of at least 4 members (excludes halogenated alkanes) is 5. The maximum absolute atomic E-state index is 10.4. The molecule has 0 fully saturated rings. The average Bonchev–Trinajstić information content (AvgIpc) is 2.18. The molecule has 0 aromatic rings. The summed E-state index contributed by atoms with van der Waals surface area (Å²) in [4.78, 5) is 60.3. The van der Waals surface area contributed by atoms with Crippen molar-refractivity contribution in [3.8, 4) is 0 Å². The standard InChI is InChI=1S/C8H19O3P.Ca.H3O4P.H3O3P.2H/c1-2-3-4-5-6-7-8-12(9,10)11;;1-5(2,3)4;1-4(2)3;;/h2-8H2,1H3,(H2,9,10,11);;(H3,1,2,3,4);1-3H;;. The minimum absolute atomic E-state index is 0. The fourth-order valence-electron chi connectivity index (χ4n) is 1.10. The predicted octanol–water partition coefficient (Wildman–Crippen LogP) is -0.130. The molecule has 0 rings (SSSR count). The fraction of sp³-hybridized carbons (Fsp3) is 1.00. The molecule has 0 aliphatic carbocycles. The SMILES string of the molecule is CCCCCCCCP(=O)(O)O.O=P(O)(O)O.OP(O)O.[CaH2]. The van der Waals surface area contributed by atoms with Crippen LogP contribution in [0.1, 0.15) is 45.4 Å². The van der Waals surface area contributed by atoms with Crippen molar-refractivity contribution in [1.29, 1.82) is 0 Å². The monoisotopic (exact) mass is 416 g/mol. The third-order valence-corrected chi connectivity index (χ3v) is 2.70. The van der Waals surface area contributed by atoms with Crippen molar-refractivity contribution >= 4 is 61.8 Å². The molecule has 8 N–H and O–H groups in total. The van der Waals surface area contributed by atoms with E-state index in [1.165, 1.54) is 19.3 Å². The van der Waals surface area contributed by atoms with Gasteiger partial charge in [0.1, 0.15) is 0 Å². The Hall–Kier alpha value is 1.83. The van der Waals surface area contributed by atoms with Crippen LogP contribution in [-0.4, -0.2) is 83.0 Å². The molecule has 0 bridgehead atoms. The van der Waals surface area contributed by atoms with Crippen molar-refractivity contribution in [2.24, 2.45) is 0 Å². The van der Waals surface area contributed by atoms with Gasteiger partial charge < -0.3 is 39.1 Å². The van der Waals surface area contributed by atoms with E-state index < -0.39 is 24.0 Å². The van der Waals surface area contributed by atoms with E-state index in [0.29, 0.717) is 6.42 Å². The van der Waals surface area contributed by atoms with Gasteiger partial charge in [-0.15, -0.1) is 0 Å². The van der Waals surface area contributed by atoms with E-state index in [9.17, 15) is 4.57 Å². The summed E-state index contributed by atoms with van der Waals surface area (Å²) >= 11 is 0. The Morgan fingerprint density at radius 1 is 0.773 bits per heavy atom. The zero-order chi connectivity index (χ0) is 17.5. The van der Waals surface area contributed by atoms with Gasteiger partial charge in [0.25, 0.3) is 0 Å². The van der Waals surface area contributed by atoms with Gasteiger partial charge in [0.15, 0.2) is 0 Å². The van der Waals surface area contributed by atoms with Gasteiger partial charge in [-0.25, -0.2) is 4.57 Å². The van der Waals surface area contributed by atoms with Crippen LogP contribution in [0.15, 0.2) is 0 Å². The topological polar surface area (TPSA) is 196 Å². The van der Waals surface area contributed by atoms with Crippen molar-refractivity contribution in [3.05, 3.63) is 0 Å². The summed E-state index contributed by atoms with van der Waals surface area (Å²) < 4.78 is 19.3. The molecule has 0 radical (unpaired) electrons. The molecule has 0 saturated carbocycles. The Morgan fingerprint density at radius 2 is 1.05 bits per heavy atom. The first-order valence-corrected chi connectivity index (χ1v) is 10.6. The normalized spacial score (nSPS) is 10.8. The van der Waals surface area contributed by atoms with Crippen molar-refractivity contribution in [3.63, 3.8) is 0 Å². The second-order valence-corrected chi connectivity index (χ2v) is 7.28. The van der Waals surface area contributed by atoms with Gasteiger partial charge in [-0.2, -0.15) is 0 Å². The van der Waals surface area contributed by atoms with Crippen molar-refractivity contribution in [2.45, 2.75) is 45.4 Å². The fourth-order valence-corrected chi connectivity index (χ4v) is 1.73. The molecule has 0 amide bonds. The second kappa shape index (κ2) is 19.2. The summed E-state index contributed by atoms with van der Waals surface area (Å²) in [5.74, 6) is 0. The summed E-state index contributed by atoms with van der Waals surface area (Å²) in [5.41, 5.74) is 0. The van der Waals surface area contributed by atoms with Crippen LogP contribution in [-0.2, 0) is 9.13 Å². The Labute approximate surface area is 161 Å². The number of phosphoric acid groups is 1. The first-order chi connectivity index (χ1) is 9.29. The quantitative estimate of drug-likeness (QED) is 0.157. The van der Waals surface area contributed by atoms with Crippen LogP contribution in [0.3, 0.4) is 0 Å². The maximum atomic E-state index is 10.4. The van der Waals surface area contributed by atoms with Gasteiger partial charge in [-0.3, -0.25) is 4.57 Å². The van der Waals surface area contributed by atoms with E-state index in [0.717, 1.165) is 12.8 Å². The first-order valence-electron chi connectivity index (χ1n) is 5.99. The molecule has 0 heterocycles. The van der Waals surface area contributed by atoms with E-state index in [-0.39, 0.29) is 43.9 Å². The van der Waals surface area contributed by atoms with Gasteiger partial charge in [0, 0.05) is 6.16 Å². The third kappa shape index (κ3) is 80.8. The summed E-state index contributed by atoms with van der Waals surface area (Å²) in [6.45, 7) is 2.15. The molecular formula is C8H27CaO10P3. The Bertz CT molecular complexity index is 294. The van der Waals surface area contributed by atoms with E-state index in [1.807, 2.05) is 0 Å². The van der Waals surface area contributed by atoms with Crippen LogP contribution >= 0.6 is 24.0 Å². The van der Waals surface area contributed by atoms with Crippen molar-refractivity contribution in [1.82, 2.24) is 0 Å². The molecular weight excluding hydrogens is 389 g/mol. The molecule has 22 heavy (non-hydrogen) atoms. The van der Waals surface area contributed by atoms with Crippen LogP contribution in [0, 0.1) is 0 Å². The zero-order valence-corrected chi connectivity index (χ0v) is 14.4. The van der Waals surface area contributed by atoms with E-state index in [1.54, 1.807) is 0 Å². The van der Waals surface area contributed by atoms with E-state index in [4.69, 9.17) is 43.7 Å². The van der Waals surface area contributed by atoms with Crippen LogP contribution in [0.2, 0.25) is 0 Å². The molecule has 14 heteroatoms. The Kier molecular flexibility index (Phi) is 27.5. The summed E-state index contributed by atoms with van der Waals surface area (Å²) in [5, 5.41) is 0. The third-order valence-electron chi connectivity index (χ3n) is 1.80. The number of hydrogen-bond acceptors (Lipinski definition) is 5. The van der Waals surface area contributed by atoms with Gasteiger partial charge >= 0.3 is 61.8 Å². The molecule has 0 aromatic heterocycles. The van der Waals surface area contributed by atoms with Crippen molar-refractivity contribution < 1.29 is 48.3 Å². The molecule has 0 saturated heterocycles. The molecule has 136 valence electrons. The van der Waals surface area contributed by atoms with Crippen LogP contribution in [0.4, 0.5) is 0 Å².